The zero-order chi connectivity index (χ0) is 13.8. The molecule has 1 aliphatic carbocycles. The Morgan fingerprint density at radius 2 is 2.05 bits per heavy atom. The van der Waals surface area contributed by atoms with E-state index in [-0.39, 0.29) is 36.4 Å². The molecule has 0 N–H and O–H groups in total. The van der Waals surface area contributed by atoms with Crippen molar-refractivity contribution in [3.8, 4) is 0 Å². The topological polar surface area (TPSA) is 46.6 Å². The molecule has 102 valence electrons. The highest BCUT2D eigenvalue weighted by molar-refractivity contribution is 5.95. The van der Waals surface area contributed by atoms with Gasteiger partial charge in [-0.15, -0.1) is 0 Å². The minimum atomic E-state index is -0.531. The summed E-state index contributed by atoms with van der Waals surface area (Å²) in [6, 6.07) is 6.02. The molecule has 0 radical (unpaired) electrons. The third-order valence-corrected chi connectivity index (χ3v) is 3.14. The molecule has 1 aliphatic rings. The Hall–Kier alpha value is -1.91. The molecule has 1 aromatic rings. The van der Waals surface area contributed by atoms with Crippen molar-refractivity contribution in [2.75, 3.05) is 13.7 Å². The zero-order valence-corrected chi connectivity index (χ0v) is 10.8. The van der Waals surface area contributed by atoms with Crippen molar-refractivity contribution in [2.24, 2.45) is 0 Å². The number of hydrogen-bond acceptors (Lipinski definition) is 3. The molecular formula is C14H16FNO3. The molecule has 1 fully saturated rings. The molecule has 19 heavy (non-hydrogen) atoms. The van der Waals surface area contributed by atoms with Crippen LogP contribution in [0.3, 0.4) is 0 Å². The van der Waals surface area contributed by atoms with Crippen LogP contribution in [0.15, 0.2) is 24.3 Å². The van der Waals surface area contributed by atoms with Gasteiger partial charge in [-0.3, -0.25) is 9.59 Å². The average molecular weight is 265 g/mol. The van der Waals surface area contributed by atoms with Crippen molar-refractivity contribution in [1.29, 1.82) is 0 Å². The van der Waals surface area contributed by atoms with E-state index in [4.69, 9.17) is 0 Å². The van der Waals surface area contributed by atoms with Crippen molar-refractivity contribution in [1.82, 2.24) is 4.90 Å². The van der Waals surface area contributed by atoms with Crippen LogP contribution in [0.1, 0.15) is 29.6 Å². The van der Waals surface area contributed by atoms with Crippen LogP contribution in [0.4, 0.5) is 4.39 Å². The Labute approximate surface area is 111 Å². The van der Waals surface area contributed by atoms with Gasteiger partial charge in [0.1, 0.15) is 5.82 Å². The maximum absolute atomic E-state index is 13.6. The van der Waals surface area contributed by atoms with E-state index in [2.05, 4.69) is 4.74 Å². The molecule has 2 rings (SSSR count). The number of amides is 1. The summed E-state index contributed by atoms with van der Waals surface area (Å²) in [6.07, 6.45) is 1.94. The van der Waals surface area contributed by atoms with Crippen LogP contribution >= 0.6 is 0 Å². The predicted octanol–water partition coefficient (Wildman–Crippen LogP) is 1.99. The predicted molar refractivity (Wildman–Crippen MR) is 67.1 cm³/mol. The fourth-order valence-electron chi connectivity index (χ4n) is 1.94. The lowest BCUT2D eigenvalue weighted by Crippen LogP contribution is -2.35. The Kier molecular flexibility index (Phi) is 4.14. The maximum Gasteiger partial charge on any atom is 0.307 e. The molecule has 0 atom stereocenters. The van der Waals surface area contributed by atoms with E-state index in [1.54, 1.807) is 17.0 Å². The van der Waals surface area contributed by atoms with Crippen molar-refractivity contribution in [3.05, 3.63) is 35.6 Å². The first kappa shape index (κ1) is 13.5. The van der Waals surface area contributed by atoms with Gasteiger partial charge in [0, 0.05) is 12.6 Å². The lowest BCUT2D eigenvalue weighted by Gasteiger charge is -2.22. The quantitative estimate of drug-likeness (QED) is 0.765. The molecule has 1 saturated carbocycles. The Balaban J connectivity index is 2.09. The lowest BCUT2D eigenvalue weighted by molar-refractivity contribution is -0.140. The van der Waals surface area contributed by atoms with Crippen LogP contribution in [-0.4, -0.2) is 36.5 Å². The molecule has 1 aromatic carbocycles. The number of hydrogen-bond donors (Lipinski definition) is 0. The molecule has 0 heterocycles. The second-order valence-corrected chi connectivity index (χ2v) is 4.54. The number of methoxy groups -OCH3 is 1. The number of benzene rings is 1. The van der Waals surface area contributed by atoms with E-state index in [0.29, 0.717) is 0 Å². The van der Waals surface area contributed by atoms with E-state index in [1.165, 1.54) is 19.2 Å². The van der Waals surface area contributed by atoms with Gasteiger partial charge < -0.3 is 9.64 Å². The molecule has 0 unspecified atom stereocenters. The molecule has 4 nitrogen and oxygen atoms in total. The first-order chi connectivity index (χ1) is 9.13. The highest BCUT2D eigenvalue weighted by atomic mass is 19.1. The van der Waals surface area contributed by atoms with E-state index in [1.807, 2.05) is 0 Å². The van der Waals surface area contributed by atoms with Gasteiger partial charge in [0.15, 0.2) is 0 Å². The van der Waals surface area contributed by atoms with E-state index >= 15 is 0 Å². The minimum Gasteiger partial charge on any atom is -0.469 e. The van der Waals surface area contributed by atoms with Crippen LogP contribution in [0.5, 0.6) is 0 Å². The monoisotopic (exact) mass is 265 g/mol. The summed E-state index contributed by atoms with van der Waals surface area (Å²) in [5.74, 6) is -1.26. The number of rotatable bonds is 5. The number of nitrogens with zero attached hydrogens (tertiary/aromatic N) is 1. The summed E-state index contributed by atoms with van der Waals surface area (Å²) in [5.41, 5.74) is 0.0549. The number of esters is 1. The van der Waals surface area contributed by atoms with Gasteiger partial charge in [0.25, 0.3) is 5.91 Å². The smallest absolute Gasteiger partial charge is 0.307 e. The van der Waals surface area contributed by atoms with E-state index < -0.39 is 5.82 Å². The zero-order valence-electron chi connectivity index (χ0n) is 10.8. The fraction of sp³-hybridized carbons (Fsp3) is 0.429. The van der Waals surface area contributed by atoms with Crippen LogP contribution in [-0.2, 0) is 9.53 Å². The first-order valence-electron chi connectivity index (χ1n) is 6.26. The van der Waals surface area contributed by atoms with Crippen LogP contribution in [0.2, 0.25) is 0 Å². The van der Waals surface area contributed by atoms with Gasteiger partial charge in [-0.1, -0.05) is 12.1 Å². The largest absolute Gasteiger partial charge is 0.469 e. The molecular weight excluding hydrogens is 249 g/mol. The van der Waals surface area contributed by atoms with E-state index in [9.17, 15) is 14.0 Å². The highest BCUT2D eigenvalue weighted by Crippen LogP contribution is 2.28. The van der Waals surface area contributed by atoms with Gasteiger partial charge in [0.2, 0.25) is 0 Å². The number of halogens is 1. The molecule has 0 aliphatic heterocycles. The maximum atomic E-state index is 13.6. The normalized spacial score (nSPS) is 14.0. The molecule has 0 aromatic heterocycles. The van der Waals surface area contributed by atoms with Crippen LogP contribution < -0.4 is 0 Å². The van der Waals surface area contributed by atoms with Gasteiger partial charge in [-0.25, -0.2) is 4.39 Å². The summed E-state index contributed by atoms with van der Waals surface area (Å²) in [7, 11) is 1.31. The second-order valence-electron chi connectivity index (χ2n) is 4.54. The summed E-state index contributed by atoms with van der Waals surface area (Å²) < 4.78 is 18.2. The molecule has 5 heteroatoms. The summed E-state index contributed by atoms with van der Waals surface area (Å²) in [5, 5.41) is 0. The summed E-state index contributed by atoms with van der Waals surface area (Å²) >= 11 is 0. The average Bonchev–Trinajstić information content (AvgIpc) is 3.23. The van der Waals surface area contributed by atoms with Gasteiger partial charge in [-0.05, 0) is 25.0 Å². The van der Waals surface area contributed by atoms with E-state index in [0.717, 1.165) is 12.8 Å². The molecule has 0 spiro atoms. The van der Waals surface area contributed by atoms with Crippen molar-refractivity contribution >= 4 is 11.9 Å². The van der Waals surface area contributed by atoms with Crippen molar-refractivity contribution in [2.45, 2.75) is 25.3 Å². The summed E-state index contributed by atoms with van der Waals surface area (Å²) in [4.78, 5) is 25.0. The van der Waals surface area contributed by atoms with Crippen molar-refractivity contribution in [3.63, 3.8) is 0 Å². The molecule has 0 bridgehead atoms. The number of carbonyl (C=O) groups excluding carboxylic acids is 2. The Morgan fingerprint density at radius 1 is 1.37 bits per heavy atom. The highest BCUT2D eigenvalue weighted by Gasteiger charge is 2.34. The van der Waals surface area contributed by atoms with Gasteiger partial charge >= 0.3 is 5.97 Å². The second kappa shape index (κ2) is 5.82. The molecule has 0 saturated heterocycles. The molecule has 1 amide bonds. The third kappa shape index (κ3) is 3.30. The lowest BCUT2D eigenvalue weighted by atomic mass is 10.1. The number of carbonyl (C=O) groups is 2. The van der Waals surface area contributed by atoms with Crippen LogP contribution in [0.25, 0.3) is 0 Å². The standard InChI is InChI=1S/C14H16FNO3/c1-19-13(17)8-9-16(10-6-7-10)14(18)11-4-2-3-5-12(11)15/h2-5,10H,6-9H2,1H3. The Bertz CT molecular complexity index is 485. The SMILES string of the molecule is COC(=O)CCN(C(=O)c1ccccc1F)C1CC1. The Morgan fingerprint density at radius 3 is 2.63 bits per heavy atom. The summed E-state index contributed by atoms with van der Waals surface area (Å²) in [6.45, 7) is 0.268. The minimum absolute atomic E-state index is 0.0549. The van der Waals surface area contributed by atoms with Crippen LogP contribution in [0, 0.1) is 5.82 Å². The van der Waals surface area contributed by atoms with Gasteiger partial charge in [-0.2, -0.15) is 0 Å². The van der Waals surface area contributed by atoms with Crippen molar-refractivity contribution < 1.29 is 18.7 Å². The number of ether oxygens (including phenoxy) is 1. The van der Waals surface area contributed by atoms with Gasteiger partial charge in [0.05, 0.1) is 19.1 Å². The first-order valence-corrected chi connectivity index (χ1v) is 6.26. The third-order valence-electron chi connectivity index (χ3n) is 3.14. The fourth-order valence-corrected chi connectivity index (χ4v) is 1.94.